The highest BCUT2D eigenvalue weighted by atomic mass is 16.7. The van der Waals surface area contributed by atoms with Gasteiger partial charge in [0.15, 0.2) is 5.79 Å². The summed E-state index contributed by atoms with van der Waals surface area (Å²) in [7, 11) is 0. The van der Waals surface area contributed by atoms with Crippen LogP contribution in [0, 0.1) is 58.2 Å². The number of hydrogen-bond donors (Lipinski definition) is 2. The molecule has 4 heteroatoms. The van der Waals surface area contributed by atoms with Crippen molar-refractivity contribution in [1.82, 2.24) is 0 Å². The average Bonchev–Trinajstić information content (AvgIpc) is 3.42. The van der Waals surface area contributed by atoms with E-state index in [1.807, 2.05) is 0 Å². The lowest BCUT2D eigenvalue weighted by molar-refractivity contribution is -0.298. The Labute approximate surface area is 217 Å². The molecule has 2 N–H and O–H groups in total. The second kappa shape index (κ2) is 8.99. The lowest BCUT2D eigenvalue weighted by Crippen LogP contribution is -2.63. The largest absolute Gasteiger partial charge is 0.393 e. The molecule has 5 fully saturated rings. The van der Waals surface area contributed by atoms with E-state index in [0.29, 0.717) is 36.9 Å². The number of hydrogen-bond acceptors (Lipinski definition) is 4. The summed E-state index contributed by atoms with van der Waals surface area (Å²) in [5, 5.41) is 22.1. The molecule has 4 aliphatic carbocycles. The molecular formula is C30H52O4. The molecule has 5 aliphatic rings. The number of fused-ring (bicyclic) bond motifs is 6. The molecule has 11 atom stereocenters. The molecule has 0 aromatic carbocycles. The fraction of sp³-hybridized carbons (Fsp3) is 1.00. The van der Waals surface area contributed by atoms with E-state index >= 15 is 0 Å². The van der Waals surface area contributed by atoms with E-state index in [1.165, 1.54) is 0 Å². The Morgan fingerprint density at radius 1 is 0.971 bits per heavy atom. The van der Waals surface area contributed by atoms with Gasteiger partial charge in [-0.15, -0.1) is 0 Å². The van der Waals surface area contributed by atoms with E-state index in [-0.39, 0.29) is 35.2 Å². The van der Waals surface area contributed by atoms with Crippen LogP contribution in [0.25, 0.3) is 0 Å². The number of rotatable bonds is 5. The third-order valence-corrected chi connectivity index (χ3v) is 11.9. The van der Waals surface area contributed by atoms with Crippen LogP contribution in [0.2, 0.25) is 0 Å². The molecule has 4 nitrogen and oxygen atoms in total. The average molecular weight is 483 g/mol. The van der Waals surface area contributed by atoms with Gasteiger partial charge in [0.05, 0.1) is 25.4 Å². The summed E-state index contributed by atoms with van der Waals surface area (Å²) in [6, 6.07) is 0. The van der Waals surface area contributed by atoms with Crippen molar-refractivity contribution in [2.45, 2.75) is 117 Å². The third-order valence-electron chi connectivity index (χ3n) is 11.9. The van der Waals surface area contributed by atoms with Gasteiger partial charge in [0, 0.05) is 20.6 Å². The third kappa shape index (κ3) is 3.84. The van der Waals surface area contributed by atoms with Crippen LogP contribution >= 0.6 is 0 Å². The summed E-state index contributed by atoms with van der Waals surface area (Å²) in [6.45, 7) is 4.63. The Kier molecular flexibility index (Phi) is 5.02. The van der Waals surface area contributed by atoms with E-state index in [4.69, 9.17) is 17.7 Å². The predicted molar refractivity (Wildman–Crippen MR) is 135 cm³/mol. The van der Waals surface area contributed by atoms with E-state index < -0.39 is 37.4 Å². The molecule has 1 spiro atoms. The zero-order chi connectivity index (χ0) is 29.5. The van der Waals surface area contributed by atoms with Gasteiger partial charge < -0.3 is 19.7 Å². The fourth-order valence-electron chi connectivity index (χ4n) is 9.99. The van der Waals surface area contributed by atoms with Gasteiger partial charge in [0.25, 0.3) is 0 Å². The smallest absolute Gasteiger partial charge is 0.172 e. The van der Waals surface area contributed by atoms with E-state index in [0.717, 1.165) is 51.4 Å². The molecule has 1 unspecified atom stereocenters. The summed E-state index contributed by atoms with van der Waals surface area (Å²) in [5.41, 5.74) is 0.126. The van der Waals surface area contributed by atoms with E-state index in [1.54, 1.807) is 6.92 Å². The van der Waals surface area contributed by atoms with Crippen molar-refractivity contribution in [2.24, 2.45) is 58.2 Å². The molecule has 34 heavy (non-hydrogen) atoms. The maximum Gasteiger partial charge on any atom is 0.172 e. The summed E-state index contributed by atoms with van der Waals surface area (Å²) < 4.78 is 60.0. The van der Waals surface area contributed by atoms with Gasteiger partial charge >= 0.3 is 0 Å². The van der Waals surface area contributed by atoms with Gasteiger partial charge in [0.1, 0.15) is 0 Å². The minimum absolute atomic E-state index is 0.0486. The monoisotopic (exact) mass is 482 g/mol. The topological polar surface area (TPSA) is 58.9 Å². The second-order valence-electron chi connectivity index (χ2n) is 13.4. The van der Waals surface area contributed by atoms with Gasteiger partial charge in [-0.3, -0.25) is 0 Å². The molecular weight excluding hydrogens is 424 g/mol. The quantitative estimate of drug-likeness (QED) is 0.502. The van der Waals surface area contributed by atoms with Gasteiger partial charge in [0.2, 0.25) is 0 Å². The normalized spacial score (nSPS) is 51.6. The highest BCUT2D eigenvalue weighted by Gasteiger charge is 2.67. The predicted octanol–water partition coefficient (Wildman–Crippen LogP) is 6.04. The molecule has 0 aromatic rings. The molecule has 0 amide bonds. The Hall–Kier alpha value is -0.160. The molecule has 0 bridgehead atoms. The minimum Gasteiger partial charge on any atom is -0.393 e. The van der Waals surface area contributed by atoms with Gasteiger partial charge in [-0.1, -0.05) is 41.4 Å². The molecule has 1 heterocycles. The first kappa shape index (κ1) is 19.0. The van der Waals surface area contributed by atoms with Crippen LogP contribution in [-0.2, 0) is 9.47 Å². The maximum atomic E-state index is 11.4. The van der Waals surface area contributed by atoms with Crippen molar-refractivity contribution in [3.8, 4) is 0 Å². The summed E-state index contributed by atoms with van der Waals surface area (Å²) in [5.74, 6) is -0.711. The summed E-state index contributed by atoms with van der Waals surface area (Å²) >= 11 is 0. The second-order valence-corrected chi connectivity index (χ2v) is 13.4. The van der Waals surface area contributed by atoms with E-state index in [2.05, 4.69) is 20.8 Å². The van der Waals surface area contributed by atoms with Crippen LogP contribution in [0.15, 0.2) is 0 Å². The van der Waals surface area contributed by atoms with Gasteiger partial charge in [-0.05, 0) is 104 Å². The Bertz CT molecular complexity index is 905. The minimum atomic E-state index is -2.60. The molecule has 0 radical (unpaired) electrons. The Morgan fingerprint density at radius 3 is 2.35 bits per heavy atom. The van der Waals surface area contributed by atoms with Crippen molar-refractivity contribution >= 4 is 0 Å². The maximum absolute atomic E-state index is 11.4. The van der Waals surface area contributed by atoms with Crippen molar-refractivity contribution in [2.75, 3.05) is 13.2 Å². The van der Waals surface area contributed by atoms with E-state index in [9.17, 15) is 10.2 Å². The molecule has 5 rings (SSSR count). The van der Waals surface area contributed by atoms with Crippen LogP contribution in [-0.4, -0.2) is 41.4 Å². The Balaban J connectivity index is 1.35. The van der Waals surface area contributed by atoms with Crippen LogP contribution < -0.4 is 0 Å². The lowest BCUT2D eigenvalue weighted by Gasteiger charge is -2.65. The number of aliphatic hydroxyl groups excluding tert-OH is 2. The SMILES string of the molecule is [2H]C([2H])([2H])C([C@@H](C)C[C@H](O)[C@@H](C)[C@H]1CC[C@H]2[C@@H]3CC4(OCCO4)C4C[C@@H](O)CC[C@]4(C)[C@H]3CC[C@]12C)C([2H])([2H])[2H]. The Morgan fingerprint density at radius 2 is 1.65 bits per heavy atom. The molecule has 1 aliphatic heterocycles. The van der Waals surface area contributed by atoms with Crippen LogP contribution in [0.5, 0.6) is 0 Å². The zero-order valence-electron chi connectivity index (χ0n) is 27.8. The first-order chi connectivity index (χ1) is 18.4. The molecule has 0 aromatic heterocycles. The van der Waals surface area contributed by atoms with Crippen molar-refractivity contribution in [3.63, 3.8) is 0 Å². The number of ether oxygens (including phenoxy) is 2. The summed E-state index contributed by atoms with van der Waals surface area (Å²) in [6.07, 6.45) is 6.96. The van der Waals surface area contributed by atoms with Gasteiger partial charge in [-0.25, -0.2) is 0 Å². The molecule has 196 valence electrons. The molecule has 1 saturated heterocycles. The van der Waals surface area contributed by atoms with Crippen LogP contribution in [0.1, 0.15) is 107 Å². The highest BCUT2D eigenvalue weighted by molar-refractivity contribution is 5.14. The first-order valence-corrected chi connectivity index (χ1v) is 14.1. The first-order valence-electron chi connectivity index (χ1n) is 17.1. The van der Waals surface area contributed by atoms with Crippen LogP contribution in [0.4, 0.5) is 0 Å². The highest BCUT2D eigenvalue weighted by Crippen LogP contribution is 2.70. The lowest BCUT2D eigenvalue weighted by atomic mass is 9.43. The van der Waals surface area contributed by atoms with Gasteiger partial charge in [-0.2, -0.15) is 0 Å². The summed E-state index contributed by atoms with van der Waals surface area (Å²) in [4.78, 5) is 0. The fourth-order valence-corrected chi connectivity index (χ4v) is 9.99. The van der Waals surface area contributed by atoms with Crippen LogP contribution in [0.3, 0.4) is 0 Å². The molecule has 4 saturated carbocycles. The zero-order valence-corrected chi connectivity index (χ0v) is 21.8. The van der Waals surface area contributed by atoms with Crippen molar-refractivity contribution in [3.05, 3.63) is 0 Å². The van der Waals surface area contributed by atoms with Crippen molar-refractivity contribution in [1.29, 1.82) is 0 Å². The van der Waals surface area contributed by atoms with Crippen molar-refractivity contribution < 1.29 is 27.9 Å². The standard InChI is InChI=1S/C30H52O4/c1-18(2)19(3)15-26(32)20(4)23-7-8-24-22-17-30(33-13-14-34-30)27-16-21(31)9-11-29(27,6)25(22)10-12-28(23,24)5/h18-27,31-32H,7-17H2,1-6H3/t19-,20-,21-,22-,23+,24-,25-,26-,27?,28+,29+/m0/s1/i1D3,2D3. The number of aliphatic hydroxyl groups is 2.